The molecule has 0 spiro atoms. The first-order valence-electron chi connectivity index (χ1n) is 12.5. The Balaban J connectivity index is 1.52. The van der Waals surface area contributed by atoms with E-state index in [-0.39, 0.29) is 23.6 Å². The Bertz CT molecular complexity index is 1150. The fraction of sp³-hybridized carbons (Fsp3) is 0.538. The molecule has 1 aliphatic carbocycles. The van der Waals surface area contributed by atoms with Gasteiger partial charge < -0.3 is 20.3 Å². The van der Waals surface area contributed by atoms with Crippen molar-refractivity contribution < 1.29 is 19.1 Å². The molecular weight excluding hydrogens is 474 g/mol. The van der Waals surface area contributed by atoms with Gasteiger partial charge in [-0.2, -0.15) is 5.10 Å². The molecule has 9 nitrogen and oxygen atoms in total. The minimum absolute atomic E-state index is 0.0340. The Kier molecular flexibility index (Phi) is 6.76. The van der Waals surface area contributed by atoms with Crippen molar-refractivity contribution >= 4 is 31.8 Å². The Hall–Kier alpha value is -3.14. The van der Waals surface area contributed by atoms with Crippen molar-refractivity contribution in [3.05, 3.63) is 47.2 Å². The van der Waals surface area contributed by atoms with E-state index in [0.29, 0.717) is 12.4 Å². The van der Waals surface area contributed by atoms with Crippen molar-refractivity contribution in [2.24, 2.45) is 0 Å². The summed E-state index contributed by atoms with van der Waals surface area (Å²) in [7, 11) is -1.73. The van der Waals surface area contributed by atoms with Crippen LogP contribution in [0.4, 0.5) is 10.6 Å². The molecule has 4 rings (SSSR count). The molecule has 3 N–H and O–H groups in total. The standard InChI is InChI=1S/C26H37N5O4Si/c1-17(32)35-16-20(18-11-8-7-9-12-18)27-24(34)31-15-19-21(25(31,2)3)29-30-22(19)28-23(33)26(13-10-14-26)36(4,5)6/h7-9,11-12,20H,10,13-16H2,1-6H3,(H,27,34)(H2,28,29,30,33). The summed E-state index contributed by atoms with van der Waals surface area (Å²) in [5, 5.41) is 13.4. The molecule has 1 fully saturated rings. The molecule has 2 aliphatic rings. The summed E-state index contributed by atoms with van der Waals surface area (Å²) in [6.07, 6.45) is 2.92. The predicted octanol–water partition coefficient (Wildman–Crippen LogP) is 4.68. The zero-order valence-corrected chi connectivity index (χ0v) is 23.0. The van der Waals surface area contributed by atoms with Gasteiger partial charge in [0.05, 0.1) is 31.9 Å². The number of rotatable bonds is 7. The number of carbonyl (C=O) groups is 3. The monoisotopic (exact) mass is 511 g/mol. The van der Waals surface area contributed by atoms with Crippen molar-refractivity contribution in [1.82, 2.24) is 20.4 Å². The number of anilines is 1. The lowest BCUT2D eigenvalue weighted by Crippen LogP contribution is -2.52. The Labute approximate surface area is 213 Å². The van der Waals surface area contributed by atoms with E-state index in [0.717, 1.165) is 36.1 Å². The molecule has 1 aliphatic heterocycles. The second kappa shape index (κ2) is 9.38. The number of hydrogen-bond donors (Lipinski definition) is 3. The number of hydrogen-bond acceptors (Lipinski definition) is 5. The summed E-state index contributed by atoms with van der Waals surface area (Å²) in [6.45, 7) is 12.3. The predicted molar refractivity (Wildman–Crippen MR) is 140 cm³/mol. The summed E-state index contributed by atoms with van der Waals surface area (Å²) in [5.41, 5.74) is 1.80. The number of aromatic nitrogens is 2. The Morgan fingerprint density at radius 1 is 1.17 bits per heavy atom. The lowest BCUT2D eigenvalue weighted by molar-refractivity contribution is -0.141. The molecule has 1 saturated carbocycles. The first-order valence-corrected chi connectivity index (χ1v) is 16.0. The maximum atomic E-state index is 13.5. The van der Waals surface area contributed by atoms with Gasteiger partial charge >= 0.3 is 12.0 Å². The number of amides is 3. The van der Waals surface area contributed by atoms with Gasteiger partial charge in [-0.1, -0.05) is 56.4 Å². The van der Waals surface area contributed by atoms with Crippen molar-refractivity contribution in [2.45, 2.75) is 82.8 Å². The number of H-pyrrole nitrogens is 1. The topological polar surface area (TPSA) is 116 Å². The highest BCUT2D eigenvalue weighted by molar-refractivity contribution is 6.83. The van der Waals surface area contributed by atoms with Gasteiger partial charge in [-0.05, 0) is 32.3 Å². The Morgan fingerprint density at radius 3 is 2.39 bits per heavy atom. The minimum atomic E-state index is -1.73. The van der Waals surface area contributed by atoms with E-state index in [4.69, 9.17) is 4.74 Å². The smallest absolute Gasteiger partial charge is 0.319 e. The molecule has 36 heavy (non-hydrogen) atoms. The van der Waals surface area contributed by atoms with Crippen LogP contribution in [0.5, 0.6) is 0 Å². The Morgan fingerprint density at radius 2 is 1.83 bits per heavy atom. The summed E-state index contributed by atoms with van der Waals surface area (Å²) >= 11 is 0. The molecule has 2 aromatic rings. The van der Waals surface area contributed by atoms with Crippen molar-refractivity contribution in [1.29, 1.82) is 0 Å². The second-order valence-electron chi connectivity index (χ2n) is 11.4. The zero-order valence-electron chi connectivity index (χ0n) is 22.0. The number of nitrogens with zero attached hydrogens (tertiary/aromatic N) is 2. The fourth-order valence-electron chi connectivity index (χ4n) is 5.35. The van der Waals surface area contributed by atoms with Gasteiger partial charge in [-0.3, -0.25) is 14.7 Å². The SMILES string of the molecule is CC(=O)OCC(NC(=O)N1Cc2c(NC(=O)C3([Si](C)(C)C)CCC3)n[nH]c2C1(C)C)c1ccccc1. The van der Waals surface area contributed by atoms with Crippen LogP contribution in [0.3, 0.4) is 0 Å². The minimum Gasteiger partial charge on any atom is -0.463 e. The molecule has 0 radical (unpaired) electrons. The van der Waals surface area contributed by atoms with Crippen LogP contribution >= 0.6 is 0 Å². The number of aromatic amines is 1. The molecule has 10 heteroatoms. The van der Waals surface area contributed by atoms with Crippen LogP contribution in [0.15, 0.2) is 30.3 Å². The molecule has 1 atom stereocenters. The molecule has 1 aromatic heterocycles. The van der Waals surface area contributed by atoms with Crippen LogP contribution < -0.4 is 10.6 Å². The van der Waals surface area contributed by atoms with Crippen molar-refractivity contribution in [3.8, 4) is 0 Å². The van der Waals surface area contributed by atoms with Crippen LogP contribution in [0, 0.1) is 0 Å². The van der Waals surface area contributed by atoms with E-state index in [1.54, 1.807) is 4.90 Å². The van der Waals surface area contributed by atoms with Gasteiger partial charge in [-0.15, -0.1) is 0 Å². The third-order valence-electron chi connectivity index (χ3n) is 7.98. The van der Waals surface area contributed by atoms with Crippen molar-refractivity contribution in [2.75, 3.05) is 11.9 Å². The number of carbonyl (C=O) groups excluding carboxylic acids is 3. The van der Waals surface area contributed by atoms with Gasteiger partial charge in [0, 0.05) is 17.5 Å². The highest BCUT2D eigenvalue weighted by atomic mass is 28.3. The summed E-state index contributed by atoms with van der Waals surface area (Å²) in [4.78, 5) is 40.0. The van der Waals surface area contributed by atoms with E-state index in [1.165, 1.54) is 6.92 Å². The normalized spacial score (nSPS) is 18.6. The third-order valence-corrected chi connectivity index (χ3v) is 11.6. The van der Waals surface area contributed by atoms with Crippen LogP contribution in [0.2, 0.25) is 24.7 Å². The first-order chi connectivity index (χ1) is 16.9. The quantitative estimate of drug-likeness (QED) is 0.369. The van der Waals surface area contributed by atoms with Gasteiger partial charge in [0.2, 0.25) is 5.91 Å². The largest absolute Gasteiger partial charge is 0.463 e. The van der Waals surface area contributed by atoms with Crippen LogP contribution in [-0.4, -0.2) is 47.7 Å². The van der Waals surface area contributed by atoms with Crippen LogP contribution in [0.25, 0.3) is 0 Å². The molecule has 0 bridgehead atoms. The number of fused-ring (bicyclic) bond motifs is 1. The lowest BCUT2D eigenvalue weighted by Gasteiger charge is -2.48. The zero-order chi connectivity index (χ0) is 26.3. The number of urea groups is 1. The molecule has 1 aromatic carbocycles. The number of ether oxygens (including phenoxy) is 1. The fourth-order valence-corrected chi connectivity index (χ4v) is 7.95. The van der Waals surface area contributed by atoms with Crippen LogP contribution in [-0.2, 0) is 26.4 Å². The molecule has 0 saturated heterocycles. The maximum Gasteiger partial charge on any atom is 0.319 e. The first kappa shape index (κ1) is 25.9. The van der Waals surface area contributed by atoms with E-state index in [2.05, 4.69) is 40.5 Å². The number of esters is 1. The number of nitrogens with one attached hydrogen (secondary N) is 3. The third kappa shape index (κ3) is 4.54. The van der Waals surface area contributed by atoms with Gasteiger partial charge in [-0.25, -0.2) is 4.79 Å². The molecule has 2 heterocycles. The highest BCUT2D eigenvalue weighted by Crippen LogP contribution is 2.56. The second-order valence-corrected chi connectivity index (χ2v) is 16.9. The maximum absolute atomic E-state index is 13.5. The van der Waals surface area contributed by atoms with E-state index < -0.39 is 25.6 Å². The van der Waals surface area contributed by atoms with Gasteiger partial charge in [0.1, 0.15) is 6.61 Å². The average molecular weight is 512 g/mol. The molecule has 3 amide bonds. The van der Waals surface area contributed by atoms with Gasteiger partial charge in [0.15, 0.2) is 5.82 Å². The van der Waals surface area contributed by atoms with Gasteiger partial charge in [0.25, 0.3) is 0 Å². The summed E-state index contributed by atoms with van der Waals surface area (Å²) < 4.78 is 5.23. The summed E-state index contributed by atoms with van der Waals surface area (Å²) in [5.74, 6) is 0.145. The van der Waals surface area contributed by atoms with E-state index >= 15 is 0 Å². The van der Waals surface area contributed by atoms with E-state index in [1.807, 2.05) is 44.2 Å². The molecule has 194 valence electrons. The lowest BCUT2D eigenvalue weighted by atomic mass is 9.83. The summed E-state index contributed by atoms with van der Waals surface area (Å²) in [6, 6.07) is 8.64. The highest BCUT2D eigenvalue weighted by Gasteiger charge is 2.54. The number of benzene rings is 1. The van der Waals surface area contributed by atoms with Crippen molar-refractivity contribution in [3.63, 3.8) is 0 Å². The molecule has 1 unspecified atom stereocenters. The van der Waals surface area contributed by atoms with Crippen LogP contribution in [0.1, 0.15) is 62.9 Å². The molecular formula is C26H37N5O4Si. The average Bonchev–Trinajstić information content (AvgIpc) is 3.27. The van der Waals surface area contributed by atoms with E-state index in [9.17, 15) is 14.4 Å².